The number of piperidine rings is 1. The van der Waals surface area contributed by atoms with Crippen molar-refractivity contribution in [2.45, 2.75) is 106 Å². The Hall–Kier alpha value is -3.37. The second kappa shape index (κ2) is 30.0. The molecule has 0 aromatic heterocycles. The highest BCUT2D eigenvalue weighted by atomic mass is 35.5. The predicted molar refractivity (Wildman–Crippen MR) is 230 cm³/mol. The van der Waals surface area contributed by atoms with E-state index in [9.17, 15) is 4.79 Å². The van der Waals surface area contributed by atoms with Gasteiger partial charge in [0, 0.05) is 57.9 Å². The van der Waals surface area contributed by atoms with E-state index in [-0.39, 0.29) is 11.7 Å². The fourth-order valence-electron chi connectivity index (χ4n) is 6.13. The lowest BCUT2D eigenvalue weighted by Gasteiger charge is -2.33. The van der Waals surface area contributed by atoms with E-state index >= 15 is 0 Å². The molecule has 3 rings (SSSR count). The molecule has 2 aliphatic rings. The number of hydrogen-bond acceptors (Lipinski definition) is 7. The summed E-state index contributed by atoms with van der Waals surface area (Å²) in [4.78, 5) is 18.7. The monoisotopic (exact) mass is 760 g/mol. The number of benzene rings is 1. The van der Waals surface area contributed by atoms with Crippen molar-refractivity contribution in [2.24, 2.45) is 22.6 Å². The number of aliphatic imine (C=N–C) groups is 1. The van der Waals surface area contributed by atoms with Gasteiger partial charge in [-0.2, -0.15) is 0 Å². The van der Waals surface area contributed by atoms with Gasteiger partial charge in [0.15, 0.2) is 0 Å². The van der Waals surface area contributed by atoms with Crippen LogP contribution in [-0.2, 0) is 9.47 Å². The molecular weight excluding hydrogens is 686 g/mol. The van der Waals surface area contributed by atoms with Gasteiger partial charge in [-0.1, -0.05) is 101 Å². The molecule has 1 aromatic carbocycles. The van der Waals surface area contributed by atoms with Gasteiger partial charge in [-0.15, -0.1) is 0 Å². The van der Waals surface area contributed by atoms with Crippen LogP contribution in [0.5, 0.6) is 0 Å². The Morgan fingerprint density at radius 2 is 1.77 bits per heavy atom. The zero-order chi connectivity index (χ0) is 41.0. The zero-order valence-corrected chi connectivity index (χ0v) is 35.7. The summed E-state index contributed by atoms with van der Waals surface area (Å²) in [5.41, 5.74) is 11.4. The van der Waals surface area contributed by atoms with E-state index in [0.29, 0.717) is 31.0 Å². The molecule has 0 bridgehead atoms. The minimum Gasteiger partial charge on any atom is -0.442 e. The molecule has 1 heterocycles. The highest BCUT2D eigenvalue weighted by Crippen LogP contribution is 2.53. The normalized spacial score (nSPS) is 18.3. The van der Waals surface area contributed by atoms with Gasteiger partial charge in [-0.25, -0.2) is 4.79 Å². The Morgan fingerprint density at radius 3 is 2.25 bits per heavy atom. The molecule has 0 spiro atoms. The molecule has 4 atom stereocenters. The van der Waals surface area contributed by atoms with Crippen molar-refractivity contribution in [3.8, 4) is 0 Å². The van der Waals surface area contributed by atoms with Gasteiger partial charge in [-0.05, 0) is 100 Å². The summed E-state index contributed by atoms with van der Waals surface area (Å²) >= 11 is 6.29. The number of nitrogens with one attached hydrogen (secondary N) is 2. The highest BCUT2D eigenvalue weighted by molar-refractivity contribution is 6.30. The van der Waals surface area contributed by atoms with Crippen LogP contribution >= 0.6 is 11.6 Å². The van der Waals surface area contributed by atoms with Crippen LogP contribution in [0, 0.1) is 11.8 Å². The number of carbonyl (C=O) groups excluding carboxylic acids is 1. The maximum atomic E-state index is 13.1. The third-order valence-corrected chi connectivity index (χ3v) is 9.12. The SMILES string of the molecule is C=C(C)CC(=C1CCN(C(=O)OC2(C(C)CCC)CC2C)CC1)c1ccc(Cl)cc1C(=C)C.C=CN.CC.CN=CN/C=C/C(C)NCCOC.CO. The summed E-state index contributed by atoms with van der Waals surface area (Å²) in [7, 11) is 4.42. The average molecular weight is 761 g/mol. The van der Waals surface area contributed by atoms with Crippen LogP contribution in [0.3, 0.4) is 0 Å². The third kappa shape index (κ3) is 19.5. The molecule has 10 heteroatoms. The van der Waals surface area contributed by atoms with Crippen molar-refractivity contribution in [1.29, 1.82) is 0 Å². The van der Waals surface area contributed by atoms with Gasteiger partial charge in [0.1, 0.15) is 5.60 Å². The minimum absolute atomic E-state index is 0.142. The maximum absolute atomic E-state index is 13.1. The Kier molecular flexibility index (Phi) is 29.3. The van der Waals surface area contributed by atoms with Crippen molar-refractivity contribution >= 4 is 35.2 Å². The molecule has 1 saturated carbocycles. The van der Waals surface area contributed by atoms with Crippen LogP contribution in [0.2, 0.25) is 5.02 Å². The molecule has 1 aromatic rings. The number of halogens is 1. The zero-order valence-electron chi connectivity index (χ0n) is 35.0. The summed E-state index contributed by atoms with van der Waals surface area (Å²) in [6.07, 6.45) is 12.4. The Bertz CT molecular complexity index is 1300. The molecule has 2 fully saturated rings. The number of nitrogens with two attached hydrogens (primary N) is 1. The quantitative estimate of drug-likeness (QED) is 0.0608. The van der Waals surface area contributed by atoms with Crippen LogP contribution in [0.25, 0.3) is 11.1 Å². The lowest BCUT2D eigenvalue weighted by Crippen LogP contribution is -2.41. The Labute approximate surface area is 328 Å². The number of aliphatic hydroxyl groups is 1. The minimum atomic E-state index is -0.256. The first-order valence-corrected chi connectivity index (χ1v) is 19.3. The molecule has 0 radical (unpaired) electrons. The third-order valence-electron chi connectivity index (χ3n) is 8.89. The van der Waals surface area contributed by atoms with E-state index in [1.165, 1.54) is 22.9 Å². The van der Waals surface area contributed by atoms with Crippen LogP contribution in [0.1, 0.15) is 105 Å². The largest absolute Gasteiger partial charge is 0.442 e. The smallest absolute Gasteiger partial charge is 0.410 e. The van der Waals surface area contributed by atoms with E-state index < -0.39 is 0 Å². The van der Waals surface area contributed by atoms with Crippen molar-refractivity contribution in [3.63, 3.8) is 0 Å². The Balaban J connectivity index is 0. The van der Waals surface area contributed by atoms with E-state index in [1.807, 2.05) is 50.1 Å². The number of hydrogen-bond donors (Lipinski definition) is 4. The lowest BCUT2D eigenvalue weighted by atomic mass is 9.86. The molecule has 53 heavy (non-hydrogen) atoms. The molecule has 1 saturated heterocycles. The fourth-order valence-corrected chi connectivity index (χ4v) is 6.31. The summed E-state index contributed by atoms with van der Waals surface area (Å²) in [5, 5.41) is 13.9. The molecule has 302 valence electrons. The van der Waals surface area contributed by atoms with Crippen molar-refractivity contribution < 1.29 is 19.4 Å². The van der Waals surface area contributed by atoms with Crippen LogP contribution in [0.4, 0.5) is 4.79 Å². The maximum Gasteiger partial charge on any atom is 0.410 e. The number of ether oxygens (including phenoxy) is 2. The summed E-state index contributed by atoms with van der Waals surface area (Å²) in [6, 6.07) is 6.39. The number of nitrogens with zero attached hydrogens (tertiary/aromatic N) is 2. The van der Waals surface area contributed by atoms with Gasteiger partial charge in [0.25, 0.3) is 0 Å². The van der Waals surface area contributed by atoms with Gasteiger partial charge in [-0.3, -0.25) is 4.99 Å². The molecule has 9 nitrogen and oxygen atoms in total. The molecular formula is C43H74ClN5O4. The topological polar surface area (TPSA) is 121 Å². The van der Waals surface area contributed by atoms with E-state index in [0.717, 1.165) is 80.5 Å². The number of methoxy groups -OCH3 is 1. The lowest BCUT2D eigenvalue weighted by molar-refractivity contribution is 0.0104. The molecule has 1 amide bonds. The Morgan fingerprint density at radius 1 is 1.19 bits per heavy atom. The molecule has 1 aliphatic carbocycles. The number of allylic oxidation sites excluding steroid dienone is 3. The summed E-state index contributed by atoms with van der Waals surface area (Å²) in [5.74, 6) is 0.866. The fraction of sp³-hybridized carbons (Fsp3) is 0.581. The van der Waals surface area contributed by atoms with Crippen molar-refractivity contribution in [1.82, 2.24) is 15.5 Å². The first-order chi connectivity index (χ1) is 25.3. The number of likely N-dealkylation sites (tertiary alicyclic amines) is 1. The van der Waals surface area contributed by atoms with Crippen LogP contribution in [0.15, 0.2) is 72.6 Å². The average Bonchev–Trinajstić information content (AvgIpc) is 3.81. The molecule has 4 unspecified atom stereocenters. The van der Waals surface area contributed by atoms with Crippen molar-refractivity contribution in [2.75, 3.05) is 47.5 Å². The molecule has 1 aliphatic heterocycles. The van der Waals surface area contributed by atoms with Gasteiger partial charge < -0.3 is 35.8 Å². The van der Waals surface area contributed by atoms with E-state index in [1.54, 1.807) is 20.5 Å². The number of rotatable bonds is 15. The van der Waals surface area contributed by atoms with E-state index in [2.05, 4.69) is 81.8 Å². The summed E-state index contributed by atoms with van der Waals surface area (Å²) in [6.45, 7) is 31.3. The van der Waals surface area contributed by atoms with Crippen LogP contribution < -0.4 is 16.4 Å². The van der Waals surface area contributed by atoms with Crippen LogP contribution in [-0.4, -0.2) is 81.6 Å². The second-order valence-electron chi connectivity index (χ2n) is 13.2. The number of carbonyl (C=O) groups is 1. The second-order valence-corrected chi connectivity index (χ2v) is 13.6. The van der Waals surface area contributed by atoms with Gasteiger partial charge in [0.2, 0.25) is 0 Å². The molecule has 5 N–H and O–H groups in total. The highest BCUT2D eigenvalue weighted by Gasteiger charge is 2.58. The first kappa shape index (κ1) is 51.7. The van der Waals surface area contributed by atoms with Crippen molar-refractivity contribution in [3.05, 3.63) is 83.7 Å². The van der Waals surface area contributed by atoms with Gasteiger partial charge in [0.05, 0.1) is 12.9 Å². The first-order valence-electron chi connectivity index (χ1n) is 18.9. The predicted octanol–water partition coefficient (Wildman–Crippen LogP) is 9.64. The van der Waals surface area contributed by atoms with Gasteiger partial charge >= 0.3 is 6.09 Å². The standard InChI is InChI=1S/C29H40ClNO2.C9H19N3O.C2H5N.C2H6.CH4O/c1-8-9-21(6)29(18-22(29)7)33-28(32)31-14-12-23(13-15-31)27(16-19(2)3)25-11-10-24(30)17-26(25)20(4)5;1-9(12-6-7-13-3)4-5-11-8-10-2;1-2-3;2*1-2/h10-11,17,21-22H,2,4,8-9,12-16,18H2,1,3,5-7H3;4-5,8-9,12H,6-7H2,1-3H3,(H,10,11);2H,1,3H2;1-2H3;2H,1H3/b;5-4+;;;. The summed E-state index contributed by atoms with van der Waals surface area (Å²) < 4.78 is 11.1. The number of aliphatic hydroxyl groups excluding tert-OH is 1. The number of amides is 1. The van der Waals surface area contributed by atoms with E-state index in [4.69, 9.17) is 26.2 Å².